The normalized spacial score (nSPS) is 13.8. The maximum absolute atomic E-state index is 13.6. The molecular weight excluding hydrogens is 356 g/mol. The standard InChI is InChI=1S/C12H16BrF2NO3S/c1-7(2)3-9(17)6-16-20(18,19)12-10(13)4-8(14)5-11(12)15/h4-5,7,9,16-17H,3,6H2,1-2H3. The van der Waals surface area contributed by atoms with Gasteiger partial charge in [0.05, 0.1) is 6.10 Å². The number of halogens is 3. The molecule has 2 N–H and O–H groups in total. The zero-order chi connectivity index (χ0) is 15.5. The van der Waals surface area contributed by atoms with Gasteiger partial charge in [0.15, 0.2) is 0 Å². The van der Waals surface area contributed by atoms with Crippen LogP contribution in [0.5, 0.6) is 0 Å². The van der Waals surface area contributed by atoms with Crippen LogP contribution in [-0.2, 0) is 10.0 Å². The van der Waals surface area contributed by atoms with Crippen LogP contribution in [0.25, 0.3) is 0 Å². The first-order valence-electron chi connectivity index (χ1n) is 5.95. The number of nitrogens with one attached hydrogen (secondary N) is 1. The van der Waals surface area contributed by atoms with Crippen LogP contribution in [0.3, 0.4) is 0 Å². The van der Waals surface area contributed by atoms with Gasteiger partial charge < -0.3 is 5.11 Å². The Morgan fingerprint density at radius 3 is 2.45 bits per heavy atom. The van der Waals surface area contributed by atoms with Gasteiger partial charge in [-0.2, -0.15) is 0 Å². The number of hydrogen-bond donors (Lipinski definition) is 2. The first kappa shape index (κ1) is 17.5. The van der Waals surface area contributed by atoms with Gasteiger partial charge in [-0.3, -0.25) is 0 Å². The summed E-state index contributed by atoms with van der Waals surface area (Å²) in [6.07, 6.45) is -0.456. The van der Waals surface area contributed by atoms with Gasteiger partial charge in [-0.05, 0) is 34.3 Å². The third kappa shape index (κ3) is 4.76. The van der Waals surface area contributed by atoms with Crippen molar-refractivity contribution in [3.05, 3.63) is 28.2 Å². The van der Waals surface area contributed by atoms with Crippen molar-refractivity contribution in [3.63, 3.8) is 0 Å². The lowest BCUT2D eigenvalue weighted by Gasteiger charge is -2.15. The Bertz CT molecular complexity index is 555. The van der Waals surface area contributed by atoms with Gasteiger partial charge in [0, 0.05) is 17.1 Å². The summed E-state index contributed by atoms with van der Waals surface area (Å²) in [5.74, 6) is -1.88. The van der Waals surface area contributed by atoms with E-state index >= 15 is 0 Å². The molecule has 0 bridgehead atoms. The van der Waals surface area contributed by atoms with Gasteiger partial charge in [0.25, 0.3) is 0 Å². The van der Waals surface area contributed by atoms with Crippen molar-refractivity contribution in [2.45, 2.75) is 31.3 Å². The number of benzene rings is 1. The Balaban J connectivity index is 2.90. The molecule has 0 aliphatic rings. The second kappa shape index (κ2) is 6.93. The molecule has 0 aliphatic carbocycles. The Hall–Kier alpha value is -0.570. The van der Waals surface area contributed by atoms with E-state index in [1.807, 2.05) is 13.8 Å². The van der Waals surface area contributed by atoms with Crippen molar-refractivity contribution in [2.24, 2.45) is 5.92 Å². The number of aliphatic hydroxyl groups is 1. The van der Waals surface area contributed by atoms with Gasteiger partial charge in [-0.25, -0.2) is 21.9 Å². The molecule has 1 aromatic rings. The summed E-state index contributed by atoms with van der Waals surface area (Å²) in [5, 5.41) is 9.62. The third-order valence-corrected chi connectivity index (χ3v) is 4.87. The lowest BCUT2D eigenvalue weighted by atomic mass is 10.1. The molecule has 0 aliphatic heterocycles. The van der Waals surface area contributed by atoms with Crippen molar-refractivity contribution in [1.29, 1.82) is 0 Å². The largest absolute Gasteiger partial charge is 0.392 e. The van der Waals surface area contributed by atoms with Crippen LogP contribution in [0.15, 0.2) is 21.5 Å². The van der Waals surface area contributed by atoms with Crippen LogP contribution < -0.4 is 4.72 Å². The average Bonchev–Trinajstić information content (AvgIpc) is 2.23. The van der Waals surface area contributed by atoms with E-state index in [0.29, 0.717) is 12.5 Å². The Morgan fingerprint density at radius 2 is 1.95 bits per heavy atom. The van der Waals surface area contributed by atoms with Crippen molar-refractivity contribution in [1.82, 2.24) is 4.72 Å². The molecule has 0 saturated heterocycles. The molecule has 8 heteroatoms. The first-order chi connectivity index (χ1) is 9.13. The van der Waals surface area contributed by atoms with E-state index in [1.54, 1.807) is 0 Å². The second-order valence-electron chi connectivity index (χ2n) is 4.83. The first-order valence-corrected chi connectivity index (χ1v) is 8.23. The van der Waals surface area contributed by atoms with Crippen LogP contribution >= 0.6 is 15.9 Å². The fourth-order valence-electron chi connectivity index (χ4n) is 1.69. The Kier molecular flexibility index (Phi) is 6.06. The summed E-state index contributed by atoms with van der Waals surface area (Å²) in [4.78, 5) is -0.671. The van der Waals surface area contributed by atoms with E-state index in [-0.39, 0.29) is 16.9 Å². The molecule has 1 rings (SSSR count). The molecule has 0 aromatic heterocycles. The smallest absolute Gasteiger partial charge is 0.244 e. The lowest BCUT2D eigenvalue weighted by molar-refractivity contribution is 0.152. The average molecular weight is 372 g/mol. The molecule has 114 valence electrons. The third-order valence-electron chi connectivity index (χ3n) is 2.48. The van der Waals surface area contributed by atoms with Crippen molar-refractivity contribution < 1.29 is 22.3 Å². The second-order valence-corrected chi connectivity index (χ2v) is 7.39. The van der Waals surface area contributed by atoms with Crippen LogP contribution in [0, 0.1) is 17.6 Å². The zero-order valence-electron chi connectivity index (χ0n) is 11.0. The highest BCUT2D eigenvalue weighted by Gasteiger charge is 2.24. The maximum Gasteiger partial charge on any atom is 0.244 e. The molecule has 0 fully saturated rings. The van der Waals surface area contributed by atoms with Gasteiger partial charge in [0.1, 0.15) is 16.5 Å². The zero-order valence-corrected chi connectivity index (χ0v) is 13.4. The summed E-state index contributed by atoms with van der Waals surface area (Å²) >= 11 is 2.82. The molecule has 0 amide bonds. The SMILES string of the molecule is CC(C)CC(O)CNS(=O)(=O)c1c(F)cc(F)cc1Br. The van der Waals surface area contributed by atoms with E-state index < -0.39 is 32.7 Å². The summed E-state index contributed by atoms with van der Waals surface area (Å²) in [6.45, 7) is 3.53. The van der Waals surface area contributed by atoms with E-state index in [0.717, 1.165) is 6.07 Å². The summed E-state index contributed by atoms with van der Waals surface area (Å²) in [5.41, 5.74) is 0. The van der Waals surface area contributed by atoms with Crippen LogP contribution in [0.4, 0.5) is 8.78 Å². The number of rotatable bonds is 6. The lowest BCUT2D eigenvalue weighted by Crippen LogP contribution is -2.33. The van der Waals surface area contributed by atoms with E-state index in [9.17, 15) is 22.3 Å². The molecule has 0 saturated carbocycles. The number of aliphatic hydroxyl groups excluding tert-OH is 1. The molecular formula is C12H16BrF2NO3S. The molecule has 0 spiro atoms. The summed E-state index contributed by atoms with van der Waals surface area (Å²) in [6, 6.07) is 1.35. The van der Waals surface area contributed by atoms with Crippen LogP contribution in [0.1, 0.15) is 20.3 Å². The highest BCUT2D eigenvalue weighted by molar-refractivity contribution is 9.10. The van der Waals surface area contributed by atoms with E-state index in [1.165, 1.54) is 0 Å². The molecule has 1 atom stereocenters. The number of sulfonamides is 1. The van der Waals surface area contributed by atoms with Crippen LogP contribution in [0.2, 0.25) is 0 Å². The van der Waals surface area contributed by atoms with Gasteiger partial charge >= 0.3 is 0 Å². The fraction of sp³-hybridized carbons (Fsp3) is 0.500. The van der Waals surface area contributed by atoms with Gasteiger partial charge in [0.2, 0.25) is 10.0 Å². The van der Waals surface area contributed by atoms with Crippen molar-refractivity contribution in [3.8, 4) is 0 Å². The Morgan fingerprint density at radius 1 is 1.35 bits per heavy atom. The van der Waals surface area contributed by atoms with Gasteiger partial charge in [-0.1, -0.05) is 13.8 Å². The van der Waals surface area contributed by atoms with Crippen molar-refractivity contribution >= 4 is 26.0 Å². The predicted molar refractivity (Wildman–Crippen MR) is 74.7 cm³/mol. The van der Waals surface area contributed by atoms with Gasteiger partial charge in [-0.15, -0.1) is 0 Å². The molecule has 0 radical (unpaired) electrons. The molecule has 0 heterocycles. The van der Waals surface area contributed by atoms with E-state index in [2.05, 4.69) is 20.7 Å². The van der Waals surface area contributed by atoms with E-state index in [4.69, 9.17) is 0 Å². The van der Waals surface area contributed by atoms with Crippen molar-refractivity contribution in [2.75, 3.05) is 6.54 Å². The van der Waals surface area contributed by atoms with Crippen LogP contribution in [-0.4, -0.2) is 26.2 Å². The minimum absolute atomic E-state index is 0.198. The molecule has 1 aromatic carbocycles. The topological polar surface area (TPSA) is 66.4 Å². The molecule has 4 nitrogen and oxygen atoms in total. The predicted octanol–water partition coefficient (Wildman–Crippen LogP) is 2.41. The number of hydrogen-bond acceptors (Lipinski definition) is 3. The minimum Gasteiger partial charge on any atom is -0.392 e. The summed E-state index contributed by atoms with van der Waals surface area (Å²) in [7, 11) is -4.17. The molecule has 20 heavy (non-hydrogen) atoms. The molecule has 1 unspecified atom stereocenters. The highest BCUT2D eigenvalue weighted by Crippen LogP contribution is 2.26. The Labute approximate surface area is 125 Å². The highest BCUT2D eigenvalue weighted by atomic mass is 79.9. The fourth-order valence-corrected chi connectivity index (χ4v) is 3.93. The minimum atomic E-state index is -4.17. The quantitative estimate of drug-likeness (QED) is 0.806. The monoisotopic (exact) mass is 371 g/mol. The summed E-state index contributed by atoms with van der Waals surface area (Å²) < 4.78 is 52.3. The maximum atomic E-state index is 13.6.